The molecule has 0 unspecified atom stereocenters. The van der Waals surface area contributed by atoms with Gasteiger partial charge in [0.2, 0.25) is 0 Å². The number of nitrogens with zero attached hydrogens (tertiary/aromatic N) is 2. The Balaban J connectivity index is 1.91. The number of aromatic nitrogens is 1. The summed E-state index contributed by atoms with van der Waals surface area (Å²) in [4.78, 5) is 44.9. The molecule has 150 valence electrons. The molecule has 2 heterocycles. The minimum atomic E-state index is -0.412. The molecule has 0 bridgehead atoms. The Kier molecular flexibility index (Phi) is 4.44. The molecule has 5 rings (SSSR count). The van der Waals surface area contributed by atoms with Crippen LogP contribution in [0.15, 0.2) is 79.1 Å². The second kappa shape index (κ2) is 7.29. The van der Waals surface area contributed by atoms with Gasteiger partial charge >= 0.3 is 0 Å². The molecule has 5 heteroatoms. The van der Waals surface area contributed by atoms with E-state index in [1.807, 2.05) is 42.5 Å². The van der Waals surface area contributed by atoms with E-state index in [9.17, 15) is 14.4 Å². The summed E-state index contributed by atoms with van der Waals surface area (Å²) < 4.78 is 0. The van der Waals surface area contributed by atoms with Gasteiger partial charge in [0.15, 0.2) is 0 Å². The quantitative estimate of drug-likeness (QED) is 0.455. The predicted octanol–water partition coefficient (Wildman–Crippen LogP) is 4.83. The summed E-state index contributed by atoms with van der Waals surface area (Å²) in [5.41, 5.74) is 3.22. The summed E-state index contributed by atoms with van der Waals surface area (Å²) in [5.74, 6) is -0.878. The lowest BCUT2D eigenvalue weighted by Gasteiger charge is -2.15. The molecule has 1 aliphatic heterocycles. The van der Waals surface area contributed by atoms with Crippen molar-refractivity contribution in [2.75, 3.05) is 4.90 Å². The lowest BCUT2D eigenvalue weighted by atomic mass is 9.86. The van der Waals surface area contributed by atoms with Gasteiger partial charge in [0.25, 0.3) is 11.8 Å². The number of para-hydroxylation sites is 1. The SMILES string of the molecule is CC(=O)Cc1c2c(c(-c3ccccc3)c3ccncc13)C(=O)N(c1ccccc1)C2=O. The molecule has 0 saturated carbocycles. The van der Waals surface area contributed by atoms with Crippen LogP contribution in [0, 0.1) is 0 Å². The van der Waals surface area contributed by atoms with E-state index in [0.717, 1.165) is 10.9 Å². The largest absolute Gasteiger partial charge is 0.300 e. The Labute approximate surface area is 179 Å². The maximum atomic E-state index is 13.7. The number of rotatable bonds is 4. The molecular weight excluding hydrogens is 388 g/mol. The average Bonchev–Trinajstić information content (AvgIpc) is 3.05. The lowest BCUT2D eigenvalue weighted by Crippen LogP contribution is -2.29. The molecule has 0 radical (unpaired) electrons. The van der Waals surface area contributed by atoms with Crippen molar-refractivity contribution in [3.63, 3.8) is 0 Å². The molecule has 2 amide bonds. The number of hydrogen-bond acceptors (Lipinski definition) is 4. The molecule has 0 saturated heterocycles. The van der Waals surface area contributed by atoms with Crippen LogP contribution in [0.25, 0.3) is 21.9 Å². The van der Waals surface area contributed by atoms with Gasteiger partial charge in [-0.25, -0.2) is 4.90 Å². The number of benzene rings is 3. The van der Waals surface area contributed by atoms with Gasteiger partial charge in [-0.1, -0.05) is 48.5 Å². The molecule has 0 N–H and O–H groups in total. The predicted molar refractivity (Wildman–Crippen MR) is 119 cm³/mol. The zero-order valence-electron chi connectivity index (χ0n) is 16.8. The molecule has 1 aliphatic rings. The van der Waals surface area contributed by atoms with Gasteiger partial charge in [-0.15, -0.1) is 0 Å². The Morgan fingerprint density at radius 1 is 0.806 bits per heavy atom. The fraction of sp³-hybridized carbons (Fsp3) is 0.0769. The van der Waals surface area contributed by atoms with Crippen molar-refractivity contribution in [1.82, 2.24) is 4.98 Å². The monoisotopic (exact) mass is 406 g/mol. The van der Waals surface area contributed by atoms with Crippen LogP contribution in [0.1, 0.15) is 33.2 Å². The molecule has 5 nitrogen and oxygen atoms in total. The van der Waals surface area contributed by atoms with Gasteiger partial charge in [-0.3, -0.25) is 19.4 Å². The maximum Gasteiger partial charge on any atom is 0.266 e. The van der Waals surface area contributed by atoms with Gasteiger partial charge in [0.05, 0.1) is 16.8 Å². The van der Waals surface area contributed by atoms with Crippen LogP contribution < -0.4 is 4.90 Å². The van der Waals surface area contributed by atoms with Crippen molar-refractivity contribution in [1.29, 1.82) is 0 Å². The van der Waals surface area contributed by atoms with Gasteiger partial charge in [0, 0.05) is 29.8 Å². The maximum absolute atomic E-state index is 13.7. The second-order valence-electron chi connectivity index (χ2n) is 7.55. The van der Waals surface area contributed by atoms with Crippen LogP contribution >= 0.6 is 0 Å². The van der Waals surface area contributed by atoms with Crippen molar-refractivity contribution in [3.05, 3.63) is 95.8 Å². The van der Waals surface area contributed by atoms with Crippen LogP contribution in [0.4, 0.5) is 5.69 Å². The van der Waals surface area contributed by atoms with E-state index >= 15 is 0 Å². The Bertz CT molecular complexity index is 1360. The number of hydrogen-bond donors (Lipinski definition) is 0. The van der Waals surface area contributed by atoms with Crippen molar-refractivity contribution >= 4 is 34.1 Å². The zero-order valence-corrected chi connectivity index (χ0v) is 16.8. The van der Waals surface area contributed by atoms with Gasteiger partial charge in [-0.2, -0.15) is 0 Å². The molecule has 0 atom stereocenters. The highest BCUT2D eigenvalue weighted by molar-refractivity contribution is 6.38. The first-order valence-electron chi connectivity index (χ1n) is 9.99. The fourth-order valence-corrected chi connectivity index (χ4v) is 4.31. The number of amides is 2. The van der Waals surface area contributed by atoms with Crippen molar-refractivity contribution in [2.24, 2.45) is 0 Å². The van der Waals surface area contributed by atoms with E-state index in [1.54, 1.807) is 36.7 Å². The third kappa shape index (κ3) is 2.94. The summed E-state index contributed by atoms with van der Waals surface area (Å²) in [5, 5.41) is 1.51. The number of anilines is 1. The number of carbonyl (C=O) groups is 3. The smallest absolute Gasteiger partial charge is 0.266 e. The fourth-order valence-electron chi connectivity index (χ4n) is 4.31. The highest BCUT2D eigenvalue weighted by atomic mass is 16.2. The molecule has 0 aliphatic carbocycles. The lowest BCUT2D eigenvalue weighted by molar-refractivity contribution is -0.116. The molecule has 0 fully saturated rings. The van der Waals surface area contributed by atoms with Crippen LogP contribution in [0.2, 0.25) is 0 Å². The first kappa shape index (κ1) is 18.9. The second-order valence-corrected chi connectivity index (χ2v) is 7.55. The Hall–Kier alpha value is -4.12. The molecule has 1 aromatic heterocycles. The standard InChI is InChI=1S/C26H18N2O3/c1-16(29)14-20-21-15-27-13-12-19(21)22(17-8-4-2-5-9-17)24-23(20)25(30)28(26(24)31)18-10-6-3-7-11-18/h2-13,15H,14H2,1H3. The van der Waals surface area contributed by atoms with Crippen LogP contribution in [0.3, 0.4) is 0 Å². The van der Waals surface area contributed by atoms with Gasteiger partial charge in [-0.05, 0) is 41.6 Å². The van der Waals surface area contributed by atoms with E-state index in [2.05, 4.69) is 4.98 Å². The van der Waals surface area contributed by atoms with Crippen molar-refractivity contribution < 1.29 is 14.4 Å². The molecule has 31 heavy (non-hydrogen) atoms. The van der Waals surface area contributed by atoms with E-state index in [0.29, 0.717) is 33.3 Å². The average molecular weight is 406 g/mol. The van der Waals surface area contributed by atoms with E-state index < -0.39 is 5.91 Å². The first-order valence-corrected chi connectivity index (χ1v) is 9.99. The normalized spacial score (nSPS) is 13.0. The summed E-state index contributed by atoms with van der Waals surface area (Å²) in [6.45, 7) is 1.48. The highest BCUT2D eigenvalue weighted by Crippen LogP contribution is 2.42. The highest BCUT2D eigenvalue weighted by Gasteiger charge is 2.42. The van der Waals surface area contributed by atoms with Crippen LogP contribution in [-0.4, -0.2) is 22.6 Å². The topological polar surface area (TPSA) is 67.3 Å². The van der Waals surface area contributed by atoms with Crippen molar-refractivity contribution in [3.8, 4) is 11.1 Å². The number of pyridine rings is 1. The number of carbonyl (C=O) groups excluding carboxylic acids is 3. The van der Waals surface area contributed by atoms with Crippen molar-refractivity contribution in [2.45, 2.75) is 13.3 Å². The number of fused-ring (bicyclic) bond motifs is 2. The third-order valence-electron chi connectivity index (χ3n) is 5.55. The summed E-state index contributed by atoms with van der Waals surface area (Å²) in [7, 11) is 0. The third-order valence-corrected chi connectivity index (χ3v) is 5.55. The van der Waals surface area contributed by atoms with Crippen LogP contribution in [-0.2, 0) is 11.2 Å². The van der Waals surface area contributed by atoms with E-state index in [1.165, 1.54) is 11.8 Å². The number of ketones is 1. The van der Waals surface area contributed by atoms with E-state index in [-0.39, 0.29) is 18.1 Å². The number of imide groups is 1. The van der Waals surface area contributed by atoms with E-state index in [4.69, 9.17) is 0 Å². The Morgan fingerprint density at radius 3 is 2.13 bits per heavy atom. The Morgan fingerprint density at radius 2 is 1.45 bits per heavy atom. The molecule has 4 aromatic rings. The van der Waals surface area contributed by atoms with Gasteiger partial charge in [0.1, 0.15) is 5.78 Å². The minimum absolute atomic E-state index is 0.0568. The summed E-state index contributed by atoms with van der Waals surface area (Å²) in [6, 6.07) is 20.2. The first-order chi connectivity index (χ1) is 15.1. The minimum Gasteiger partial charge on any atom is -0.300 e. The molecule has 0 spiro atoms. The number of Topliss-reactive ketones (excluding diaryl/α,β-unsaturated/α-hetero) is 1. The summed E-state index contributed by atoms with van der Waals surface area (Å²) in [6.07, 6.45) is 3.39. The van der Waals surface area contributed by atoms with Crippen LogP contribution in [0.5, 0.6) is 0 Å². The molecular formula is C26H18N2O3. The summed E-state index contributed by atoms with van der Waals surface area (Å²) >= 11 is 0. The van der Waals surface area contributed by atoms with Gasteiger partial charge < -0.3 is 0 Å². The molecule has 3 aromatic carbocycles. The zero-order chi connectivity index (χ0) is 21.5.